The van der Waals surface area contributed by atoms with Crippen molar-refractivity contribution in [1.29, 1.82) is 0 Å². The zero-order valence-corrected chi connectivity index (χ0v) is 71.9. The monoisotopic (exact) mass is 1760 g/mol. The van der Waals surface area contributed by atoms with Gasteiger partial charge < -0.3 is 60.9 Å². The number of allylic oxidation sites excluding steroid dienone is 4. The summed E-state index contributed by atoms with van der Waals surface area (Å²) in [5.74, 6) is -1.51. The molecule has 118 heavy (non-hydrogen) atoms. The summed E-state index contributed by atoms with van der Waals surface area (Å²) < 4.78 is 244. The van der Waals surface area contributed by atoms with Gasteiger partial charge >= 0.3 is 89.6 Å². The number of anilines is 1. The van der Waals surface area contributed by atoms with E-state index < -0.39 is 84.1 Å². The van der Waals surface area contributed by atoms with Crippen LogP contribution in [0.2, 0.25) is 0 Å². The molecule has 0 amide bonds. The van der Waals surface area contributed by atoms with Crippen molar-refractivity contribution >= 4 is 90.4 Å². The van der Waals surface area contributed by atoms with E-state index in [2.05, 4.69) is 38.0 Å². The smallest absolute Gasteiger partial charge is 0.466 e. The van der Waals surface area contributed by atoms with Gasteiger partial charge in [-0.3, -0.25) is 38.4 Å². The molecule has 3 heterocycles. The first kappa shape index (κ1) is 104. The molecule has 2 unspecified atom stereocenters. The van der Waals surface area contributed by atoms with Gasteiger partial charge in [-0.05, 0) is 204 Å². The van der Waals surface area contributed by atoms with Crippen molar-refractivity contribution in [3.05, 3.63) is 53.7 Å². The highest BCUT2D eigenvalue weighted by Gasteiger charge is 2.62. The normalized spacial score (nSPS) is 23.7. The van der Waals surface area contributed by atoms with Crippen LogP contribution in [0.1, 0.15) is 238 Å². The third kappa shape index (κ3) is 28.5. The van der Waals surface area contributed by atoms with Crippen LogP contribution in [0.3, 0.4) is 0 Å². The van der Waals surface area contributed by atoms with E-state index in [0.29, 0.717) is 129 Å². The number of benzene rings is 1. The summed E-state index contributed by atoms with van der Waals surface area (Å²) >= 11 is 0. The highest BCUT2D eigenvalue weighted by Crippen LogP contribution is 2.48. The first-order valence-electron chi connectivity index (χ1n) is 39.4. The average molecular weight is 1760 g/mol. The van der Waals surface area contributed by atoms with Gasteiger partial charge in [-0.2, -0.15) is 64.8 Å². The van der Waals surface area contributed by atoms with Crippen molar-refractivity contribution in [3.63, 3.8) is 0 Å². The molecule has 0 N–H and O–H groups in total. The molecule has 9 aliphatic rings. The summed E-state index contributed by atoms with van der Waals surface area (Å²) in [4.78, 5) is 91.5. The Morgan fingerprint density at radius 1 is 0.424 bits per heavy atom. The molecule has 1 aromatic rings. The van der Waals surface area contributed by atoms with Crippen molar-refractivity contribution in [1.82, 2.24) is 0 Å². The standard InChI is InChI=1S/C16H27BO4.C12H20O4.C11H15F3O5S.C11H18O4.C10H16O3.C9H14O3.C8H5F6NO4S2/c1-7-19-13(18)16(6)10-8-12(9-11-16)17-20-14(2,3)15(4,5)21-17;1-3-14-10(13)11(2)4-6-12(7-5-11)15-8-9-16-12;1-3-18-9(15)10(2)6-4-8(5-7-10)19-20(16,17)11(12,13)14;1-2-13-10(12)9-3-5-11(6-4-9)14-7-8-15-11;1-3-13-9(12)10(2)6-4-8(11)5-7-10;1-2-12-9(11)7-3-5-8(10)6-4-7;9-7(10,11)20(16,17)15(6-4-2-1-3-5-6)21(18,19)8(12,13)14/h8H,7,9-11H2,1-6H3;3-9H2,1-2H3;4H,3,5-7H2,1-2H3;9H,2-8H2,1H3;3-7H2,1-2H3;7H,2-6H2,1H3;1-5H. The summed E-state index contributed by atoms with van der Waals surface area (Å²) in [6, 6.07) is 3.85. The fourth-order valence-electron chi connectivity index (χ4n) is 13.4. The number of hydrogen-bond donors (Lipinski definition) is 0. The second kappa shape index (κ2) is 43.5. The molecule has 0 bridgehead atoms. The Balaban J connectivity index is 0.000000292. The minimum absolute atomic E-state index is 0.0253. The van der Waals surface area contributed by atoms with Crippen LogP contribution in [0, 0.1) is 33.5 Å². The van der Waals surface area contributed by atoms with E-state index >= 15 is 0 Å². The molecule has 1 aromatic carbocycles. The number of para-hydroxylation sites is 1. The van der Waals surface area contributed by atoms with Crippen LogP contribution >= 0.6 is 0 Å². The van der Waals surface area contributed by atoms with Gasteiger partial charge in [0.1, 0.15) is 17.3 Å². The topological polar surface area (TPSA) is 362 Å². The Morgan fingerprint density at radius 2 is 0.763 bits per heavy atom. The molecule has 2 spiro atoms. The van der Waals surface area contributed by atoms with Gasteiger partial charge in [0.25, 0.3) is 0 Å². The molecule has 28 nitrogen and oxygen atoms in total. The highest BCUT2D eigenvalue weighted by molar-refractivity contribution is 8.11. The average Bonchev–Trinajstić information content (AvgIpc) is 1.05. The number of hydrogen-bond acceptors (Lipinski definition) is 27. The molecule has 4 saturated carbocycles. The molecule has 10 rings (SSSR count). The van der Waals surface area contributed by atoms with E-state index in [0.717, 1.165) is 87.9 Å². The van der Waals surface area contributed by atoms with Crippen molar-refractivity contribution in [2.75, 3.05) is 69.8 Å². The first-order valence-corrected chi connectivity index (χ1v) is 43.7. The Hall–Kier alpha value is -6.50. The molecular formula is C77H115BF9NO27S3. The Labute approximate surface area is 685 Å². The summed E-state index contributed by atoms with van der Waals surface area (Å²) in [6.45, 7) is 31.6. The van der Waals surface area contributed by atoms with Gasteiger partial charge in [0.15, 0.2) is 11.6 Å². The molecule has 7 fully saturated rings. The predicted octanol–water partition coefficient (Wildman–Crippen LogP) is 14.3. The van der Waals surface area contributed by atoms with Gasteiger partial charge in [0, 0.05) is 57.8 Å². The number of esters is 6. The van der Waals surface area contributed by atoms with Gasteiger partial charge in [-0.15, -0.1) is 3.71 Å². The van der Waals surface area contributed by atoms with Crippen LogP contribution < -0.4 is 3.71 Å². The quantitative estimate of drug-likeness (QED) is 0.0329. The lowest BCUT2D eigenvalue weighted by atomic mass is 9.66. The van der Waals surface area contributed by atoms with E-state index in [4.69, 9.17) is 56.7 Å². The van der Waals surface area contributed by atoms with Crippen molar-refractivity contribution in [3.8, 4) is 0 Å². The minimum Gasteiger partial charge on any atom is -0.466 e. The summed E-state index contributed by atoms with van der Waals surface area (Å²) in [6.07, 6.45) is 16.9. The van der Waals surface area contributed by atoms with Crippen LogP contribution in [-0.4, -0.2) is 185 Å². The number of carbonyl (C=O) groups is 8. The SMILES string of the molecule is CCOC(=O)C1(C)CC=C(B2OC(C)(C)C(C)(C)O2)CC1.CCOC(=O)C1(C)CC=C(OS(=O)(=O)C(F)(F)F)CC1.CCOC(=O)C1(C)CCC(=O)CC1.CCOC(=O)C1(C)CCC2(CC1)OCCO2.CCOC(=O)C1CCC(=O)CC1.CCOC(=O)C1CCC2(CC1)OCCO2.O=S(=O)(N(c1ccccc1)S(=O)(=O)C(F)(F)F)C(F)(F)F. The molecule has 674 valence electrons. The number of rotatable bonds is 18. The molecule has 2 atom stereocenters. The number of carbonyl (C=O) groups excluding carboxylic acids is 8. The van der Waals surface area contributed by atoms with E-state index in [1.54, 1.807) is 27.7 Å². The summed E-state index contributed by atoms with van der Waals surface area (Å²) in [7, 11) is -19.6. The Morgan fingerprint density at radius 3 is 1.11 bits per heavy atom. The lowest BCUT2D eigenvalue weighted by Gasteiger charge is -2.39. The number of halogens is 9. The van der Waals surface area contributed by atoms with Crippen LogP contribution in [0.15, 0.2) is 53.7 Å². The second-order valence-electron chi connectivity index (χ2n) is 31.3. The largest absolute Gasteiger partial charge is 0.534 e. The van der Waals surface area contributed by atoms with E-state index in [9.17, 15) is 103 Å². The molecule has 3 saturated heterocycles. The number of sulfonamides is 2. The third-order valence-electron chi connectivity index (χ3n) is 21.8. The third-order valence-corrected chi connectivity index (χ3v) is 26.4. The van der Waals surface area contributed by atoms with Gasteiger partial charge in [0.05, 0.1) is 116 Å². The molecule has 3 aliphatic heterocycles. The predicted molar refractivity (Wildman–Crippen MR) is 407 cm³/mol. The fraction of sp³-hybridized carbons (Fsp3) is 0.766. The zero-order chi connectivity index (χ0) is 89.4. The maximum Gasteiger partial charge on any atom is 0.534 e. The Kier molecular flexibility index (Phi) is 38.3. The second-order valence-corrected chi connectivity index (χ2v) is 36.7. The van der Waals surface area contributed by atoms with Gasteiger partial charge in [-0.1, -0.05) is 24.3 Å². The fourth-order valence-corrected chi connectivity index (χ4v) is 16.6. The lowest BCUT2D eigenvalue weighted by Crippen LogP contribution is -2.49. The molecule has 0 radical (unpaired) electrons. The summed E-state index contributed by atoms with van der Waals surface area (Å²) in [5.41, 5.74) is -20.8. The lowest BCUT2D eigenvalue weighted by molar-refractivity contribution is -0.197. The maximum absolute atomic E-state index is 12.4. The number of alkyl halides is 9. The van der Waals surface area contributed by atoms with Crippen molar-refractivity contribution in [2.45, 2.75) is 277 Å². The van der Waals surface area contributed by atoms with Crippen LogP contribution in [0.25, 0.3) is 0 Å². The molecule has 0 aromatic heterocycles. The number of ketones is 2. The number of Topliss-reactive ketones (excluding diaryl/α,β-unsaturated/α-hetero) is 2. The van der Waals surface area contributed by atoms with Gasteiger partial charge in [-0.25, -0.2) is 0 Å². The number of ether oxygens (including phenoxy) is 10. The first-order chi connectivity index (χ1) is 54.5. The Bertz CT molecular complexity index is 3860. The zero-order valence-electron chi connectivity index (χ0n) is 69.5. The van der Waals surface area contributed by atoms with Crippen molar-refractivity contribution in [2.24, 2.45) is 33.5 Å². The molecule has 41 heteroatoms. The van der Waals surface area contributed by atoms with E-state index in [1.165, 1.54) is 6.08 Å². The van der Waals surface area contributed by atoms with Crippen LogP contribution in [0.4, 0.5) is 45.2 Å². The number of nitrogens with zero attached hydrogens (tertiary/aromatic N) is 1. The molecule has 6 aliphatic carbocycles. The highest BCUT2D eigenvalue weighted by atomic mass is 32.3. The van der Waals surface area contributed by atoms with E-state index in [-0.39, 0.29) is 114 Å². The van der Waals surface area contributed by atoms with Crippen molar-refractivity contribution < 1.29 is 164 Å². The maximum atomic E-state index is 12.4. The molecular weight excluding hydrogens is 1650 g/mol. The van der Waals surface area contributed by atoms with Crippen LogP contribution in [0.5, 0.6) is 0 Å². The van der Waals surface area contributed by atoms with Crippen LogP contribution in [-0.2, 0) is 129 Å². The minimum atomic E-state index is -6.81. The van der Waals surface area contributed by atoms with E-state index in [1.807, 2.05) is 41.5 Å². The van der Waals surface area contributed by atoms with Gasteiger partial charge in [0.2, 0.25) is 0 Å². The summed E-state index contributed by atoms with van der Waals surface area (Å²) in [5, 5.41) is 0.